The Morgan fingerprint density at radius 3 is 2.48 bits per heavy atom. The zero-order valence-corrected chi connectivity index (χ0v) is 12.6. The summed E-state index contributed by atoms with van der Waals surface area (Å²) in [7, 11) is 1.82. The first kappa shape index (κ1) is 14.5. The van der Waals surface area contributed by atoms with E-state index in [2.05, 4.69) is 47.9 Å². The molecule has 1 saturated carbocycles. The first-order chi connectivity index (χ1) is 10.3. The van der Waals surface area contributed by atoms with Gasteiger partial charge in [0.25, 0.3) is 0 Å². The summed E-state index contributed by atoms with van der Waals surface area (Å²) >= 11 is 0. The van der Waals surface area contributed by atoms with Gasteiger partial charge in [0.15, 0.2) is 0 Å². The third-order valence-corrected chi connectivity index (χ3v) is 4.93. The van der Waals surface area contributed by atoms with E-state index in [-0.39, 0.29) is 11.6 Å². The second-order valence-electron chi connectivity index (χ2n) is 6.00. The predicted molar refractivity (Wildman–Crippen MR) is 86.8 cm³/mol. The van der Waals surface area contributed by atoms with Gasteiger partial charge in [-0.2, -0.15) is 0 Å². The topological polar surface area (TPSA) is 47.3 Å². The van der Waals surface area contributed by atoms with E-state index in [1.807, 2.05) is 7.11 Å². The molecule has 1 aliphatic carbocycles. The maximum absolute atomic E-state index is 5.99. The Hall–Kier alpha value is -1.42. The minimum Gasteiger partial charge on any atom is -0.376 e. The molecule has 112 valence electrons. The van der Waals surface area contributed by atoms with E-state index in [4.69, 9.17) is 10.6 Å². The predicted octanol–water partition coefficient (Wildman–Crippen LogP) is 3.69. The molecule has 2 aromatic rings. The van der Waals surface area contributed by atoms with Crippen molar-refractivity contribution in [2.24, 2.45) is 5.84 Å². The van der Waals surface area contributed by atoms with Crippen molar-refractivity contribution in [2.75, 3.05) is 7.11 Å². The number of methoxy groups -OCH3 is 1. The van der Waals surface area contributed by atoms with Crippen LogP contribution in [0.5, 0.6) is 0 Å². The van der Waals surface area contributed by atoms with Gasteiger partial charge in [-0.1, -0.05) is 61.7 Å². The van der Waals surface area contributed by atoms with Crippen molar-refractivity contribution in [3.8, 4) is 0 Å². The number of ether oxygens (including phenoxy) is 1. The zero-order valence-electron chi connectivity index (χ0n) is 12.6. The monoisotopic (exact) mass is 284 g/mol. The highest BCUT2D eigenvalue weighted by Crippen LogP contribution is 2.42. The van der Waals surface area contributed by atoms with Crippen LogP contribution in [0.15, 0.2) is 42.5 Å². The highest BCUT2D eigenvalue weighted by atomic mass is 16.5. The van der Waals surface area contributed by atoms with Crippen LogP contribution in [0.4, 0.5) is 0 Å². The Morgan fingerprint density at radius 1 is 1.05 bits per heavy atom. The van der Waals surface area contributed by atoms with E-state index in [0.717, 1.165) is 12.8 Å². The maximum Gasteiger partial charge on any atom is 0.0885 e. The Balaban J connectivity index is 2.09. The molecule has 1 fully saturated rings. The van der Waals surface area contributed by atoms with Gasteiger partial charge < -0.3 is 4.74 Å². The summed E-state index contributed by atoms with van der Waals surface area (Å²) < 4.78 is 5.99. The third-order valence-electron chi connectivity index (χ3n) is 4.93. The molecule has 0 heterocycles. The SMILES string of the molecule is COC1(C(NN)c2cccc3ccccc23)CCCCC1. The quantitative estimate of drug-likeness (QED) is 0.665. The number of hydrazine groups is 1. The number of fused-ring (bicyclic) bond motifs is 1. The number of hydrogen-bond donors (Lipinski definition) is 2. The van der Waals surface area contributed by atoms with Gasteiger partial charge in [0.05, 0.1) is 11.6 Å². The van der Waals surface area contributed by atoms with Gasteiger partial charge in [-0.05, 0) is 29.2 Å². The molecule has 2 aromatic carbocycles. The van der Waals surface area contributed by atoms with Crippen molar-refractivity contribution in [1.82, 2.24) is 5.43 Å². The van der Waals surface area contributed by atoms with Gasteiger partial charge in [-0.25, -0.2) is 0 Å². The van der Waals surface area contributed by atoms with Crippen molar-refractivity contribution in [3.63, 3.8) is 0 Å². The number of benzene rings is 2. The lowest BCUT2D eigenvalue weighted by Crippen LogP contribution is -2.49. The van der Waals surface area contributed by atoms with E-state index < -0.39 is 0 Å². The maximum atomic E-state index is 5.99. The molecular formula is C18H24N2O. The molecule has 1 unspecified atom stereocenters. The highest BCUT2D eigenvalue weighted by Gasteiger charge is 2.41. The number of nitrogens with two attached hydrogens (primary N) is 1. The summed E-state index contributed by atoms with van der Waals surface area (Å²) in [5.74, 6) is 5.96. The Morgan fingerprint density at radius 2 is 1.76 bits per heavy atom. The van der Waals surface area contributed by atoms with Crippen LogP contribution in [0.25, 0.3) is 10.8 Å². The summed E-state index contributed by atoms with van der Waals surface area (Å²) in [6, 6.07) is 14.9. The molecule has 0 radical (unpaired) electrons. The smallest absolute Gasteiger partial charge is 0.0885 e. The van der Waals surface area contributed by atoms with Gasteiger partial charge in [0.2, 0.25) is 0 Å². The molecule has 0 bridgehead atoms. The summed E-state index contributed by atoms with van der Waals surface area (Å²) in [4.78, 5) is 0. The zero-order chi connectivity index (χ0) is 14.7. The van der Waals surface area contributed by atoms with Crippen LogP contribution < -0.4 is 11.3 Å². The fourth-order valence-electron chi connectivity index (χ4n) is 3.79. The average Bonchev–Trinajstić information content (AvgIpc) is 2.56. The largest absolute Gasteiger partial charge is 0.376 e. The lowest BCUT2D eigenvalue weighted by atomic mass is 9.76. The van der Waals surface area contributed by atoms with Gasteiger partial charge >= 0.3 is 0 Å². The number of rotatable bonds is 4. The van der Waals surface area contributed by atoms with E-state index in [1.165, 1.54) is 35.6 Å². The molecule has 0 aliphatic heterocycles. The van der Waals surface area contributed by atoms with E-state index in [1.54, 1.807) is 0 Å². The lowest BCUT2D eigenvalue weighted by Gasteiger charge is -2.42. The van der Waals surface area contributed by atoms with Gasteiger partial charge in [-0.15, -0.1) is 0 Å². The van der Waals surface area contributed by atoms with Crippen molar-refractivity contribution in [1.29, 1.82) is 0 Å². The number of nitrogens with one attached hydrogen (secondary N) is 1. The minimum atomic E-state index is -0.197. The molecule has 1 atom stereocenters. The van der Waals surface area contributed by atoms with E-state index in [0.29, 0.717) is 0 Å². The first-order valence-electron chi connectivity index (χ1n) is 7.80. The Labute approximate surface area is 126 Å². The first-order valence-corrected chi connectivity index (χ1v) is 7.80. The molecule has 0 spiro atoms. The van der Waals surface area contributed by atoms with Crippen LogP contribution in [-0.2, 0) is 4.74 Å². The second-order valence-corrected chi connectivity index (χ2v) is 6.00. The molecule has 3 rings (SSSR count). The van der Waals surface area contributed by atoms with Crippen LogP contribution in [0.3, 0.4) is 0 Å². The summed E-state index contributed by atoms with van der Waals surface area (Å²) in [6.07, 6.45) is 5.81. The Kier molecular flexibility index (Phi) is 4.24. The Bertz CT molecular complexity index is 600. The van der Waals surface area contributed by atoms with Crippen molar-refractivity contribution in [2.45, 2.75) is 43.7 Å². The molecular weight excluding hydrogens is 260 g/mol. The van der Waals surface area contributed by atoms with Gasteiger partial charge in [0, 0.05) is 7.11 Å². The molecule has 0 aromatic heterocycles. The third kappa shape index (κ3) is 2.57. The van der Waals surface area contributed by atoms with Crippen LogP contribution in [0, 0.1) is 0 Å². The molecule has 1 aliphatic rings. The van der Waals surface area contributed by atoms with Crippen LogP contribution in [0.2, 0.25) is 0 Å². The van der Waals surface area contributed by atoms with Crippen molar-refractivity contribution < 1.29 is 4.74 Å². The molecule has 0 amide bonds. The minimum absolute atomic E-state index is 0.0221. The van der Waals surface area contributed by atoms with Crippen LogP contribution in [0.1, 0.15) is 43.7 Å². The number of hydrogen-bond acceptors (Lipinski definition) is 3. The fraction of sp³-hybridized carbons (Fsp3) is 0.444. The van der Waals surface area contributed by atoms with Crippen LogP contribution in [-0.4, -0.2) is 12.7 Å². The van der Waals surface area contributed by atoms with Gasteiger partial charge in [0.1, 0.15) is 0 Å². The molecule has 3 heteroatoms. The van der Waals surface area contributed by atoms with E-state index in [9.17, 15) is 0 Å². The summed E-state index contributed by atoms with van der Waals surface area (Å²) in [5, 5.41) is 2.50. The molecule has 3 N–H and O–H groups in total. The lowest BCUT2D eigenvalue weighted by molar-refractivity contribution is -0.0685. The normalized spacial score (nSPS) is 19.5. The second kappa shape index (κ2) is 6.14. The fourth-order valence-corrected chi connectivity index (χ4v) is 3.79. The molecule has 0 saturated heterocycles. The summed E-state index contributed by atoms with van der Waals surface area (Å²) in [6.45, 7) is 0. The highest BCUT2D eigenvalue weighted by molar-refractivity contribution is 5.86. The summed E-state index contributed by atoms with van der Waals surface area (Å²) in [5.41, 5.74) is 4.09. The average molecular weight is 284 g/mol. The van der Waals surface area contributed by atoms with Crippen molar-refractivity contribution >= 4 is 10.8 Å². The molecule has 21 heavy (non-hydrogen) atoms. The van der Waals surface area contributed by atoms with Gasteiger partial charge in [-0.3, -0.25) is 11.3 Å². The standard InChI is InChI=1S/C18H24N2O/c1-21-18(12-5-2-6-13-18)17(20-19)16-11-7-9-14-8-3-4-10-15(14)16/h3-4,7-11,17,20H,2,5-6,12-13,19H2,1H3. The van der Waals surface area contributed by atoms with Crippen LogP contribution >= 0.6 is 0 Å². The van der Waals surface area contributed by atoms with E-state index >= 15 is 0 Å². The van der Waals surface area contributed by atoms with Crippen molar-refractivity contribution in [3.05, 3.63) is 48.0 Å². The molecule has 3 nitrogen and oxygen atoms in total.